The number of amides is 1. The normalized spacial score (nSPS) is 14.7. The lowest BCUT2D eigenvalue weighted by Gasteiger charge is -2.26. The number of methoxy groups -OCH3 is 2. The first-order chi connectivity index (χ1) is 15.7. The predicted octanol–water partition coefficient (Wildman–Crippen LogP) is 3.85. The summed E-state index contributed by atoms with van der Waals surface area (Å²) in [6.07, 6.45) is 2.66. The number of piperidine rings is 1. The van der Waals surface area contributed by atoms with E-state index in [-0.39, 0.29) is 23.3 Å². The van der Waals surface area contributed by atoms with E-state index in [4.69, 9.17) is 14.2 Å². The first-order valence-electron chi connectivity index (χ1n) is 11.1. The van der Waals surface area contributed by atoms with Gasteiger partial charge in [0, 0.05) is 13.1 Å². The van der Waals surface area contributed by atoms with Crippen molar-refractivity contribution in [3.8, 4) is 17.2 Å². The Morgan fingerprint density at radius 2 is 1.64 bits per heavy atom. The highest BCUT2D eigenvalue weighted by molar-refractivity contribution is 7.89. The predicted molar refractivity (Wildman–Crippen MR) is 127 cm³/mol. The fourth-order valence-corrected chi connectivity index (χ4v) is 5.29. The summed E-state index contributed by atoms with van der Waals surface area (Å²) in [5, 5.41) is 2.83. The van der Waals surface area contributed by atoms with Gasteiger partial charge in [-0.05, 0) is 62.6 Å². The molecule has 0 bridgehead atoms. The molecule has 9 heteroatoms. The van der Waals surface area contributed by atoms with Crippen molar-refractivity contribution in [2.75, 3.05) is 32.6 Å². The largest absolute Gasteiger partial charge is 0.493 e. The first-order valence-corrected chi connectivity index (χ1v) is 12.5. The molecule has 0 unspecified atom stereocenters. The third kappa shape index (κ3) is 6.17. The molecule has 0 aliphatic carbocycles. The van der Waals surface area contributed by atoms with Crippen LogP contribution in [0.3, 0.4) is 0 Å². The van der Waals surface area contributed by atoms with E-state index < -0.39 is 10.0 Å². The Kier molecular flexibility index (Phi) is 8.20. The van der Waals surface area contributed by atoms with Crippen LogP contribution in [0.4, 0.5) is 5.69 Å². The zero-order valence-corrected chi connectivity index (χ0v) is 20.4. The Labute approximate surface area is 195 Å². The Bertz CT molecular complexity index is 1080. The molecule has 2 aromatic rings. The molecule has 1 N–H and O–H groups in total. The second-order valence-corrected chi connectivity index (χ2v) is 10.1. The number of hydrogen-bond acceptors (Lipinski definition) is 6. The maximum absolute atomic E-state index is 13.1. The molecule has 8 nitrogen and oxygen atoms in total. The highest BCUT2D eigenvalue weighted by Gasteiger charge is 2.27. The molecular weight excluding hydrogens is 444 g/mol. The van der Waals surface area contributed by atoms with Crippen LogP contribution in [0.15, 0.2) is 41.3 Å². The number of benzene rings is 2. The van der Waals surface area contributed by atoms with Crippen molar-refractivity contribution >= 4 is 21.6 Å². The van der Waals surface area contributed by atoms with Crippen LogP contribution in [-0.2, 0) is 21.2 Å². The second kappa shape index (κ2) is 10.9. The number of hydrogen-bond donors (Lipinski definition) is 1. The van der Waals surface area contributed by atoms with E-state index >= 15 is 0 Å². The van der Waals surface area contributed by atoms with Gasteiger partial charge in [0.1, 0.15) is 5.75 Å². The van der Waals surface area contributed by atoms with Gasteiger partial charge in [-0.15, -0.1) is 0 Å². The molecule has 2 aromatic carbocycles. The molecule has 0 atom stereocenters. The molecule has 0 aromatic heterocycles. The van der Waals surface area contributed by atoms with Crippen LogP contribution in [0.25, 0.3) is 0 Å². The Morgan fingerprint density at radius 1 is 0.970 bits per heavy atom. The van der Waals surface area contributed by atoms with Crippen LogP contribution < -0.4 is 19.5 Å². The van der Waals surface area contributed by atoms with E-state index in [1.807, 2.05) is 13.8 Å². The van der Waals surface area contributed by atoms with E-state index in [0.29, 0.717) is 36.0 Å². The summed E-state index contributed by atoms with van der Waals surface area (Å²) in [6.45, 7) is 4.75. The number of ether oxygens (including phenoxy) is 3. The molecule has 1 aliphatic heterocycles. The summed E-state index contributed by atoms with van der Waals surface area (Å²) < 4.78 is 44.1. The van der Waals surface area contributed by atoms with E-state index in [2.05, 4.69) is 5.32 Å². The molecule has 1 saturated heterocycles. The Hall–Kier alpha value is -2.78. The lowest BCUT2D eigenvalue weighted by Crippen LogP contribution is -2.35. The van der Waals surface area contributed by atoms with Gasteiger partial charge in [0.15, 0.2) is 11.5 Å². The highest BCUT2D eigenvalue weighted by Crippen LogP contribution is 2.32. The lowest BCUT2D eigenvalue weighted by molar-refractivity contribution is -0.115. The van der Waals surface area contributed by atoms with Crippen LogP contribution in [0.2, 0.25) is 0 Å². The van der Waals surface area contributed by atoms with Gasteiger partial charge < -0.3 is 19.5 Å². The SMILES string of the molecule is COc1ccc(CC(=O)Nc2cc(S(=O)(=O)N3CCCCC3)ccc2OC(C)C)cc1OC. The molecule has 33 heavy (non-hydrogen) atoms. The molecule has 0 saturated carbocycles. The number of nitrogens with zero attached hydrogens (tertiary/aromatic N) is 1. The summed E-state index contributed by atoms with van der Waals surface area (Å²) in [5.74, 6) is 1.22. The number of carbonyl (C=O) groups is 1. The minimum absolute atomic E-state index is 0.0740. The summed E-state index contributed by atoms with van der Waals surface area (Å²) in [7, 11) is -0.565. The molecule has 0 spiro atoms. The van der Waals surface area contributed by atoms with Crippen molar-refractivity contribution in [3.63, 3.8) is 0 Å². The van der Waals surface area contributed by atoms with E-state index in [1.165, 1.54) is 23.5 Å². The van der Waals surface area contributed by atoms with Crippen molar-refractivity contribution in [1.29, 1.82) is 0 Å². The Morgan fingerprint density at radius 3 is 2.27 bits per heavy atom. The molecular formula is C24H32N2O6S. The molecule has 1 heterocycles. The zero-order valence-electron chi connectivity index (χ0n) is 19.6. The van der Waals surface area contributed by atoms with Crippen LogP contribution in [0, 0.1) is 0 Å². The quantitative estimate of drug-likeness (QED) is 0.591. The summed E-state index contributed by atoms with van der Waals surface area (Å²) in [4.78, 5) is 13.0. The zero-order chi connectivity index (χ0) is 24.0. The standard InChI is InChI=1S/C24H32N2O6S/c1-17(2)32-21-11-9-19(33(28,29)26-12-6-5-7-13-26)16-20(21)25-24(27)15-18-8-10-22(30-3)23(14-18)31-4/h8-11,14,16-17H,5-7,12-13,15H2,1-4H3,(H,25,27). The van der Waals surface area contributed by atoms with Crippen LogP contribution in [0.5, 0.6) is 17.2 Å². The molecule has 1 amide bonds. The molecule has 1 aliphatic rings. The first kappa shape index (κ1) is 24.9. The Balaban J connectivity index is 1.85. The minimum atomic E-state index is -3.65. The van der Waals surface area contributed by atoms with Gasteiger partial charge in [0.05, 0.1) is 37.3 Å². The van der Waals surface area contributed by atoms with Crippen molar-refractivity contribution in [1.82, 2.24) is 4.31 Å². The van der Waals surface area contributed by atoms with Gasteiger partial charge >= 0.3 is 0 Å². The van der Waals surface area contributed by atoms with Crippen LogP contribution in [-0.4, -0.2) is 52.0 Å². The van der Waals surface area contributed by atoms with Crippen molar-refractivity contribution in [3.05, 3.63) is 42.0 Å². The number of carbonyl (C=O) groups excluding carboxylic acids is 1. The van der Waals surface area contributed by atoms with E-state index in [1.54, 1.807) is 31.4 Å². The topological polar surface area (TPSA) is 94.2 Å². The highest BCUT2D eigenvalue weighted by atomic mass is 32.2. The smallest absolute Gasteiger partial charge is 0.243 e. The van der Waals surface area contributed by atoms with Gasteiger partial charge in [-0.1, -0.05) is 12.5 Å². The molecule has 3 rings (SSSR count). The monoisotopic (exact) mass is 476 g/mol. The van der Waals surface area contributed by atoms with Gasteiger partial charge in [-0.3, -0.25) is 4.79 Å². The van der Waals surface area contributed by atoms with E-state index in [0.717, 1.165) is 24.8 Å². The maximum Gasteiger partial charge on any atom is 0.243 e. The van der Waals surface area contributed by atoms with Crippen LogP contribution in [0.1, 0.15) is 38.7 Å². The van der Waals surface area contributed by atoms with Crippen molar-refractivity contribution in [2.24, 2.45) is 0 Å². The molecule has 180 valence electrons. The van der Waals surface area contributed by atoms with Crippen LogP contribution >= 0.6 is 0 Å². The molecule has 1 fully saturated rings. The fraction of sp³-hybridized carbons (Fsp3) is 0.458. The second-order valence-electron chi connectivity index (χ2n) is 8.20. The van der Waals surface area contributed by atoms with Gasteiger partial charge in [0.25, 0.3) is 0 Å². The van der Waals surface area contributed by atoms with Gasteiger partial charge in [0.2, 0.25) is 15.9 Å². The minimum Gasteiger partial charge on any atom is -0.493 e. The third-order valence-electron chi connectivity index (χ3n) is 5.35. The van der Waals surface area contributed by atoms with Gasteiger partial charge in [-0.25, -0.2) is 8.42 Å². The average Bonchev–Trinajstić information content (AvgIpc) is 2.80. The fourth-order valence-electron chi connectivity index (χ4n) is 3.75. The third-order valence-corrected chi connectivity index (χ3v) is 7.25. The average molecular weight is 477 g/mol. The number of sulfonamides is 1. The number of anilines is 1. The van der Waals surface area contributed by atoms with E-state index in [9.17, 15) is 13.2 Å². The summed E-state index contributed by atoms with van der Waals surface area (Å²) in [5.41, 5.74) is 1.06. The summed E-state index contributed by atoms with van der Waals surface area (Å²) in [6, 6.07) is 9.87. The van der Waals surface area contributed by atoms with Gasteiger partial charge in [-0.2, -0.15) is 4.31 Å². The van der Waals surface area contributed by atoms with Crippen molar-refractivity contribution < 1.29 is 27.4 Å². The number of nitrogens with one attached hydrogen (secondary N) is 1. The maximum atomic E-state index is 13.1. The summed E-state index contributed by atoms with van der Waals surface area (Å²) >= 11 is 0. The van der Waals surface area contributed by atoms with Crippen molar-refractivity contribution in [2.45, 2.75) is 50.5 Å². The lowest BCUT2D eigenvalue weighted by atomic mass is 10.1. The number of rotatable bonds is 9. The molecule has 0 radical (unpaired) electrons.